The minimum atomic E-state index is -2.29. The van der Waals surface area contributed by atoms with E-state index in [-0.39, 0.29) is 28.5 Å². The fourth-order valence-electron chi connectivity index (χ4n) is 4.68. The van der Waals surface area contributed by atoms with Crippen molar-refractivity contribution in [2.24, 2.45) is 0 Å². The summed E-state index contributed by atoms with van der Waals surface area (Å²) in [7, 11) is -2.29. The van der Waals surface area contributed by atoms with Gasteiger partial charge >= 0.3 is 0 Å². The zero-order chi connectivity index (χ0) is 22.0. The topological polar surface area (TPSA) is 46.1 Å². The summed E-state index contributed by atoms with van der Waals surface area (Å²) in [5.74, 6) is 0.640. The van der Waals surface area contributed by atoms with E-state index in [2.05, 4.69) is 83.0 Å². The molecule has 1 amide bonds. The lowest BCUT2D eigenvalue weighted by Crippen LogP contribution is -3.00. The van der Waals surface area contributed by atoms with Crippen molar-refractivity contribution < 1.29 is 21.8 Å². The van der Waals surface area contributed by atoms with Gasteiger partial charge in [0.2, 0.25) is 0 Å². The van der Waals surface area contributed by atoms with Crippen LogP contribution < -0.4 is 37.8 Å². The van der Waals surface area contributed by atoms with Crippen molar-refractivity contribution in [3.05, 3.63) is 108 Å². The summed E-state index contributed by atoms with van der Waals surface area (Å²) in [6.45, 7) is 0.605. The maximum atomic E-state index is 14.0. The van der Waals surface area contributed by atoms with Gasteiger partial charge in [-0.05, 0) is 48.5 Å². The van der Waals surface area contributed by atoms with Gasteiger partial charge in [0.15, 0.2) is 16.6 Å². The molecule has 1 unspecified atom stereocenters. The first-order valence-corrected chi connectivity index (χ1v) is 12.8. The van der Waals surface area contributed by atoms with E-state index >= 15 is 0 Å². The Morgan fingerprint density at radius 3 is 1.64 bits per heavy atom. The minimum Gasteiger partial charge on any atom is -1.00 e. The molecule has 0 N–H and O–H groups in total. The van der Waals surface area contributed by atoms with Gasteiger partial charge in [-0.25, -0.2) is 0 Å². The molecule has 7 heteroatoms. The summed E-state index contributed by atoms with van der Waals surface area (Å²) in [5.41, 5.74) is -0.188. The van der Waals surface area contributed by atoms with E-state index in [1.54, 1.807) is 17.0 Å². The van der Waals surface area contributed by atoms with Gasteiger partial charge in [-0.1, -0.05) is 66.2 Å². The second-order valence-electron chi connectivity index (χ2n) is 7.74. The molecule has 1 aliphatic rings. The molecule has 3 aromatic carbocycles. The number of halogens is 2. The molecule has 0 saturated carbocycles. The molecular weight excluding hydrogens is 517 g/mol. The van der Waals surface area contributed by atoms with Crippen LogP contribution in [0.2, 0.25) is 5.15 Å². The van der Waals surface area contributed by atoms with E-state index in [4.69, 9.17) is 11.6 Å². The van der Waals surface area contributed by atoms with Gasteiger partial charge in [-0.2, -0.15) is 0 Å². The van der Waals surface area contributed by atoms with Crippen LogP contribution >= 0.6 is 18.9 Å². The van der Waals surface area contributed by atoms with E-state index in [0.717, 1.165) is 6.42 Å². The SMILES string of the molecule is O=C1C([P+](c2ccccc2)(c2ccccc2)c2ccccc2)CCN1c1ccc(Cl)nn1.[Br-]. The van der Waals surface area contributed by atoms with Crippen LogP contribution in [0.3, 0.4) is 0 Å². The molecule has 1 aromatic heterocycles. The van der Waals surface area contributed by atoms with Crippen molar-refractivity contribution in [3.63, 3.8) is 0 Å². The molecule has 4 aromatic rings. The molecule has 4 nitrogen and oxygen atoms in total. The number of benzene rings is 3. The number of hydrogen-bond donors (Lipinski definition) is 0. The smallest absolute Gasteiger partial charge is 0.270 e. The summed E-state index contributed by atoms with van der Waals surface area (Å²) >= 11 is 5.92. The van der Waals surface area contributed by atoms with Gasteiger partial charge in [0.25, 0.3) is 5.91 Å². The first-order valence-electron chi connectivity index (χ1n) is 10.6. The minimum absolute atomic E-state index is 0. The Morgan fingerprint density at radius 1 is 0.727 bits per heavy atom. The number of hydrogen-bond acceptors (Lipinski definition) is 3. The van der Waals surface area contributed by atoms with Crippen LogP contribution in [0.15, 0.2) is 103 Å². The van der Waals surface area contributed by atoms with Crippen molar-refractivity contribution in [1.82, 2.24) is 10.2 Å². The van der Waals surface area contributed by atoms with Crippen LogP contribution in [0.5, 0.6) is 0 Å². The molecular formula is C26H22BrClN3OP. The lowest BCUT2D eigenvalue weighted by molar-refractivity contribution is -0.116. The first kappa shape index (κ1) is 23.6. The Labute approximate surface area is 209 Å². The highest BCUT2D eigenvalue weighted by Gasteiger charge is 2.58. The Morgan fingerprint density at radius 2 is 1.21 bits per heavy atom. The number of nitrogens with zero attached hydrogens (tertiary/aromatic N) is 3. The van der Waals surface area contributed by atoms with Gasteiger partial charge < -0.3 is 17.0 Å². The highest BCUT2D eigenvalue weighted by Crippen LogP contribution is 2.62. The van der Waals surface area contributed by atoms with Crippen LogP contribution in [0.4, 0.5) is 5.82 Å². The molecule has 1 aliphatic heterocycles. The van der Waals surface area contributed by atoms with Crippen molar-refractivity contribution in [1.29, 1.82) is 0 Å². The Bertz CT molecular complexity index is 1110. The molecule has 1 atom stereocenters. The maximum Gasteiger partial charge on any atom is 0.270 e. The van der Waals surface area contributed by atoms with Crippen LogP contribution in [0, 0.1) is 0 Å². The third-order valence-corrected chi connectivity index (χ3v) is 11.0. The lowest BCUT2D eigenvalue weighted by atomic mass is 10.3. The number of rotatable bonds is 5. The monoisotopic (exact) mass is 537 g/mol. The molecule has 1 fully saturated rings. The zero-order valence-corrected chi connectivity index (χ0v) is 21.0. The predicted molar refractivity (Wildman–Crippen MR) is 133 cm³/mol. The summed E-state index contributed by atoms with van der Waals surface area (Å²) in [6.07, 6.45) is 0.746. The van der Waals surface area contributed by atoms with Crippen molar-refractivity contribution in [2.45, 2.75) is 12.1 Å². The standard InChI is InChI=1S/C26H22ClN3OP.BrH/c27-24-16-17-25(29-28-24)30-19-18-23(26(30)31)32(20-10-4-1-5-11-20,21-12-6-2-7-13-21)22-14-8-3-9-15-22;/h1-17,23H,18-19H2;1H/q+1;/p-1. The number of amides is 1. The molecule has 2 heterocycles. The third-order valence-electron chi connectivity index (χ3n) is 6.03. The highest BCUT2D eigenvalue weighted by atomic mass is 79.9. The van der Waals surface area contributed by atoms with Gasteiger partial charge in [-0.3, -0.25) is 9.69 Å². The van der Waals surface area contributed by atoms with Crippen LogP contribution in [-0.2, 0) is 4.79 Å². The molecule has 5 rings (SSSR count). The molecule has 0 aliphatic carbocycles. The number of aromatic nitrogens is 2. The summed E-state index contributed by atoms with van der Waals surface area (Å²) in [4.78, 5) is 15.8. The maximum absolute atomic E-state index is 14.0. The normalized spacial score (nSPS) is 15.8. The van der Waals surface area contributed by atoms with Crippen molar-refractivity contribution >= 4 is 46.5 Å². The first-order chi connectivity index (χ1) is 15.7. The summed E-state index contributed by atoms with van der Waals surface area (Å²) in [5, 5.41) is 12.1. The summed E-state index contributed by atoms with van der Waals surface area (Å²) in [6, 6.07) is 35.0. The van der Waals surface area contributed by atoms with E-state index < -0.39 is 7.26 Å². The molecule has 166 valence electrons. The van der Waals surface area contributed by atoms with Gasteiger partial charge in [-0.15, -0.1) is 10.2 Å². The van der Waals surface area contributed by atoms with Crippen LogP contribution in [-0.4, -0.2) is 28.3 Å². The van der Waals surface area contributed by atoms with Gasteiger partial charge in [0, 0.05) is 13.0 Å². The van der Waals surface area contributed by atoms with Crippen LogP contribution in [0.25, 0.3) is 0 Å². The molecule has 33 heavy (non-hydrogen) atoms. The lowest BCUT2D eigenvalue weighted by Gasteiger charge is -2.31. The largest absolute Gasteiger partial charge is 1.00 e. The Kier molecular flexibility index (Phi) is 7.23. The van der Waals surface area contributed by atoms with Crippen molar-refractivity contribution in [3.8, 4) is 0 Å². The van der Waals surface area contributed by atoms with Gasteiger partial charge in [0.05, 0.1) is 0 Å². The van der Waals surface area contributed by atoms with Crippen LogP contribution in [0.1, 0.15) is 6.42 Å². The predicted octanol–water partition coefficient (Wildman–Crippen LogP) is 1.23. The second kappa shape index (κ2) is 10.1. The quantitative estimate of drug-likeness (QED) is 0.359. The fourth-order valence-corrected chi connectivity index (χ4v) is 9.66. The van der Waals surface area contributed by atoms with E-state index in [9.17, 15) is 4.79 Å². The fraction of sp³-hybridized carbons (Fsp3) is 0.115. The number of anilines is 1. The highest BCUT2D eigenvalue weighted by molar-refractivity contribution is 7.97. The molecule has 0 spiro atoms. The summed E-state index contributed by atoms with van der Waals surface area (Å²) < 4.78 is 0. The average molecular weight is 539 g/mol. The number of carbonyl (C=O) groups excluding carboxylic acids is 1. The Hall–Kier alpha value is -2.59. The van der Waals surface area contributed by atoms with Crippen molar-refractivity contribution in [2.75, 3.05) is 11.4 Å². The van der Waals surface area contributed by atoms with E-state index in [1.165, 1.54) is 15.9 Å². The molecule has 0 radical (unpaired) electrons. The molecule has 1 saturated heterocycles. The van der Waals surface area contributed by atoms with E-state index in [1.807, 2.05) is 18.2 Å². The average Bonchev–Trinajstić information content (AvgIpc) is 3.24. The van der Waals surface area contributed by atoms with E-state index in [0.29, 0.717) is 17.5 Å². The second-order valence-corrected chi connectivity index (χ2v) is 11.7. The Balaban J connectivity index is 0.00000259. The number of carbonyl (C=O) groups is 1. The zero-order valence-electron chi connectivity index (χ0n) is 17.8. The molecule has 0 bridgehead atoms. The van der Waals surface area contributed by atoms with Gasteiger partial charge in [0.1, 0.15) is 23.2 Å². The third kappa shape index (κ3) is 4.21.